The molecule has 1 aromatic rings. The lowest BCUT2D eigenvalue weighted by atomic mass is 10.1. The summed E-state index contributed by atoms with van der Waals surface area (Å²) in [5.74, 6) is 0.149. The van der Waals surface area contributed by atoms with Gasteiger partial charge in [0.15, 0.2) is 0 Å². The molecule has 0 saturated carbocycles. The molecule has 1 fully saturated rings. The van der Waals surface area contributed by atoms with Crippen LogP contribution in [0.15, 0.2) is 18.2 Å². The summed E-state index contributed by atoms with van der Waals surface area (Å²) in [7, 11) is 0. The molecule has 0 aliphatic carbocycles. The molecule has 0 radical (unpaired) electrons. The molecule has 4 N–H and O–H groups in total. The van der Waals surface area contributed by atoms with Crippen molar-refractivity contribution in [3.05, 3.63) is 23.8 Å². The number of phenolic OH excluding ortho intramolecular Hbond substituents is 2. The van der Waals surface area contributed by atoms with E-state index in [1.165, 1.54) is 12.1 Å². The van der Waals surface area contributed by atoms with Crippen LogP contribution >= 0.6 is 0 Å². The van der Waals surface area contributed by atoms with E-state index < -0.39 is 0 Å². The van der Waals surface area contributed by atoms with Gasteiger partial charge >= 0.3 is 0 Å². The number of hydrogen-bond donors (Lipinski definition) is 4. The van der Waals surface area contributed by atoms with E-state index in [4.69, 9.17) is 5.11 Å². The molecule has 1 atom stereocenters. The normalized spacial score (nSPS) is 19.8. The predicted molar refractivity (Wildman–Crippen MR) is 58.0 cm³/mol. The zero-order valence-electron chi connectivity index (χ0n) is 8.73. The van der Waals surface area contributed by atoms with E-state index in [0.717, 1.165) is 0 Å². The van der Waals surface area contributed by atoms with Gasteiger partial charge in [0.1, 0.15) is 11.5 Å². The number of aromatic hydroxyl groups is 2. The summed E-state index contributed by atoms with van der Waals surface area (Å²) >= 11 is 0. The summed E-state index contributed by atoms with van der Waals surface area (Å²) in [6, 6.07) is 4.59. The molecule has 1 amide bonds. The molecule has 1 aliphatic heterocycles. The molecule has 5 nitrogen and oxygen atoms in total. The van der Waals surface area contributed by atoms with E-state index in [-0.39, 0.29) is 23.4 Å². The van der Waals surface area contributed by atoms with Crippen LogP contribution < -0.4 is 10.6 Å². The van der Waals surface area contributed by atoms with E-state index in [2.05, 4.69) is 10.6 Å². The van der Waals surface area contributed by atoms with Gasteiger partial charge in [-0.3, -0.25) is 4.79 Å². The number of hydrogen-bond acceptors (Lipinski definition) is 4. The van der Waals surface area contributed by atoms with Crippen molar-refractivity contribution in [3.8, 4) is 11.5 Å². The van der Waals surface area contributed by atoms with Crippen LogP contribution in [0.5, 0.6) is 11.5 Å². The van der Waals surface area contributed by atoms with Crippen LogP contribution in [0, 0.1) is 0 Å². The second-order valence-corrected chi connectivity index (χ2v) is 3.90. The van der Waals surface area contributed by atoms with Gasteiger partial charge < -0.3 is 20.8 Å². The van der Waals surface area contributed by atoms with Gasteiger partial charge in [0.25, 0.3) is 0 Å². The third-order valence-electron chi connectivity index (χ3n) is 2.63. The molecule has 1 unspecified atom stereocenters. The largest absolute Gasteiger partial charge is 0.508 e. The van der Waals surface area contributed by atoms with Crippen molar-refractivity contribution in [2.75, 3.05) is 6.54 Å². The van der Waals surface area contributed by atoms with Crippen molar-refractivity contribution >= 4 is 5.91 Å². The average Bonchev–Trinajstić information content (AvgIpc) is 2.63. The Kier molecular flexibility index (Phi) is 2.96. The molecule has 1 aromatic carbocycles. The zero-order valence-corrected chi connectivity index (χ0v) is 8.73. The first-order valence-electron chi connectivity index (χ1n) is 5.16. The zero-order chi connectivity index (χ0) is 11.5. The highest BCUT2D eigenvalue weighted by Crippen LogP contribution is 2.22. The highest BCUT2D eigenvalue weighted by molar-refractivity contribution is 5.78. The summed E-state index contributed by atoms with van der Waals surface area (Å²) < 4.78 is 0. The smallest absolute Gasteiger partial charge is 0.221 e. The predicted octanol–water partition coefficient (Wildman–Crippen LogP) is 0.0759. The van der Waals surface area contributed by atoms with Crippen LogP contribution in [-0.4, -0.2) is 28.7 Å². The summed E-state index contributed by atoms with van der Waals surface area (Å²) in [5.41, 5.74) is 0.706. The van der Waals surface area contributed by atoms with Gasteiger partial charge in [0.2, 0.25) is 5.91 Å². The number of nitrogens with one attached hydrogen (secondary N) is 2. The molecule has 1 aliphatic rings. The maximum Gasteiger partial charge on any atom is 0.221 e. The summed E-state index contributed by atoms with van der Waals surface area (Å²) in [6.07, 6.45) is 0.471. The number of carbonyl (C=O) groups is 1. The first-order chi connectivity index (χ1) is 7.65. The summed E-state index contributed by atoms with van der Waals surface area (Å²) in [5, 5.41) is 24.5. The lowest BCUT2D eigenvalue weighted by Crippen LogP contribution is -2.30. The quantitative estimate of drug-likeness (QED) is 0.583. The first-order valence-corrected chi connectivity index (χ1v) is 5.16. The van der Waals surface area contributed by atoms with Crippen molar-refractivity contribution in [3.63, 3.8) is 0 Å². The van der Waals surface area contributed by atoms with Gasteiger partial charge in [-0.2, -0.15) is 0 Å². The molecular weight excluding hydrogens is 208 g/mol. The van der Waals surface area contributed by atoms with Crippen molar-refractivity contribution in [2.45, 2.75) is 19.0 Å². The number of rotatable bonds is 3. The van der Waals surface area contributed by atoms with Crippen molar-refractivity contribution in [1.29, 1.82) is 0 Å². The van der Waals surface area contributed by atoms with E-state index >= 15 is 0 Å². The Balaban J connectivity index is 1.92. The molecule has 1 saturated heterocycles. The van der Waals surface area contributed by atoms with E-state index in [9.17, 15) is 9.90 Å². The Morgan fingerprint density at radius 1 is 1.44 bits per heavy atom. The van der Waals surface area contributed by atoms with Gasteiger partial charge in [-0.1, -0.05) is 6.07 Å². The van der Waals surface area contributed by atoms with Gasteiger partial charge in [-0.15, -0.1) is 0 Å². The van der Waals surface area contributed by atoms with Crippen LogP contribution in [0.2, 0.25) is 0 Å². The Bertz CT molecular complexity index is 406. The van der Waals surface area contributed by atoms with Crippen LogP contribution in [-0.2, 0) is 11.3 Å². The van der Waals surface area contributed by atoms with Crippen molar-refractivity contribution in [2.24, 2.45) is 0 Å². The van der Waals surface area contributed by atoms with Crippen molar-refractivity contribution < 1.29 is 15.0 Å². The maximum absolute atomic E-state index is 10.9. The second kappa shape index (κ2) is 4.40. The monoisotopic (exact) mass is 222 g/mol. The topological polar surface area (TPSA) is 81.6 Å². The fraction of sp³-hybridized carbons (Fsp3) is 0.364. The molecule has 2 rings (SSSR count). The van der Waals surface area contributed by atoms with Gasteiger partial charge in [-0.25, -0.2) is 0 Å². The minimum absolute atomic E-state index is 0.0407. The number of amides is 1. The van der Waals surface area contributed by atoms with Gasteiger partial charge in [0, 0.05) is 37.2 Å². The molecule has 1 heterocycles. The highest BCUT2D eigenvalue weighted by atomic mass is 16.3. The van der Waals surface area contributed by atoms with Crippen LogP contribution in [0.1, 0.15) is 12.0 Å². The van der Waals surface area contributed by atoms with E-state index in [1.807, 2.05) is 0 Å². The molecular formula is C11H14N2O3. The Labute approximate surface area is 93.1 Å². The summed E-state index contributed by atoms with van der Waals surface area (Å²) in [6.45, 7) is 1.10. The summed E-state index contributed by atoms with van der Waals surface area (Å²) in [4.78, 5) is 10.9. The van der Waals surface area contributed by atoms with E-state index in [1.54, 1.807) is 6.07 Å². The van der Waals surface area contributed by atoms with Crippen LogP contribution in [0.3, 0.4) is 0 Å². The Hall–Kier alpha value is -1.75. The maximum atomic E-state index is 10.9. The number of benzene rings is 1. The first kappa shape index (κ1) is 10.8. The fourth-order valence-electron chi connectivity index (χ4n) is 1.71. The molecule has 0 aromatic heterocycles. The van der Waals surface area contributed by atoms with Crippen LogP contribution in [0.25, 0.3) is 0 Å². The SMILES string of the molecule is O=C1CC(NCc2ccc(O)cc2O)CN1. The van der Waals surface area contributed by atoms with Crippen molar-refractivity contribution in [1.82, 2.24) is 10.6 Å². The third kappa shape index (κ3) is 2.43. The molecule has 16 heavy (non-hydrogen) atoms. The average molecular weight is 222 g/mol. The molecule has 86 valence electrons. The fourth-order valence-corrected chi connectivity index (χ4v) is 1.71. The molecule has 5 heteroatoms. The Morgan fingerprint density at radius 2 is 2.25 bits per heavy atom. The number of phenols is 2. The standard InChI is InChI=1S/C11H14N2O3/c14-9-2-1-7(10(15)4-9)5-12-8-3-11(16)13-6-8/h1-2,4,8,12,14-15H,3,5-6H2,(H,13,16). The van der Waals surface area contributed by atoms with Crippen LogP contribution in [0.4, 0.5) is 0 Å². The molecule has 0 bridgehead atoms. The van der Waals surface area contributed by atoms with Gasteiger partial charge in [-0.05, 0) is 6.07 Å². The number of carbonyl (C=O) groups excluding carboxylic acids is 1. The second-order valence-electron chi connectivity index (χ2n) is 3.90. The highest BCUT2D eigenvalue weighted by Gasteiger charge is 2.20. The molecule has 0 spiro atoms. The Morgan fingerprint density at radius 3 is 2.88 bits per heavy atom. The lowest BCUT2D eigenvalue weighted by Gasteiger charge is -2.11. The van der Waals surface area contributed by atoms with E-state index in [0.29, 0.717) is 25.1 Å². The minimum Gasteiger partial charge on any atom is -0.508 e. The third-order valence-corrected chi connectivity index (χ3v) is 2.63. The lowest BCUT2D eigenvalue weighted by molar-refractivity contribution is -0.119. The van der Waals surface area contributed by atoms with Gasteiger partial charge in [0.05, 0.1) is 0 Å². The minimum atomic E-state index is 0.0407.